The van der Waals surface area contributed by atoms with Crippen molar-refractivity contribution in [1.82, 2.24) is 0 Å². The summed E-state index contributed by atoms with van der Waals surface area (Å²) in [6.45, 7) is 9.41. The highest BCUT2D eigenvalue weighted by Gasteiger charge is 2.63. The van der Waals surface area contributed by atoms with E-state index in [9.17, 15) is 4.79 Å². The normalized spacial score (nSPS) is 53.7. The van der Waals surface area contributed by atoms with Crippen LogP contribution in [0.25, 0.3) is 0 Å². The maximum Gasteiger partial charge on any atom is 0.302 e. The fourth-order valence-electron chi connectivity index (χ4n) is 7.93. The van der Waals surface area contributed by atoms with Gasteiger partial charge in [0.05, 0.1) is 0 Å². The van der Waals surface area contributed by atoms with E-state index in [2.05, 4.69) is 20.8 Å². The van der Waals surface area contributed by atoms with E-state index in [1.54, 1.807) is 6.92 Å². The monoisotopic (exact) mass is 332 g/mol. The minimum atomic E-state index is -0.0945. The molecule has 4 saturated carbocycles. The van der Waals surface area contributed by atoms with Crippen molar-refractivity contribution >= 4 is 5.97 Å². The van der Waals surface area contributed by atoms with Crippen LogP contribution < -0.4 is 0 Å². The van der Waals surface area contributed by atoms with Crippen LogP contribution >= 0.6 is 0 Å². The average Bonchev–Trinajstić information content (AvgIpc) is 2.90. The molecule has 24 heavy (non-hydrogen) atoms. The largest absolute Gasteiger partial charge is 0.463 e. The Hall–Kier alpha value is -0.530. The summed E-state index contributed by atoms with van der Waals surface area (Å²) in [5.74, 6) is 2.57. The van der Waals surface area contributed by atoms with Crippen LogP contribution in [0.4, 0.5) is 0 Å². The van der Waals surface area contributed by atoms with Crippen molar-refractivity contribution in [2.24, 2.45) is 34.0 Å². The van der Waals surface area contributed by atoms with E-state index in [4.69, 9.17) is 4.74 Å². The van der Waals surface area contributed by atoms with Crippen molar-refractivity contribution in [2.75, 3.05) is 0 Å². The van der Waals surface area contributed by atoms with E-state index >= 15 is 0 Å². The van der Waals surface area contributed by atoms with Crippen LogP contribution in [0.2, 0.25) is 0 Å². The molecule has 4 aliphatic rings. The average molecular weight is 333 g/mol. The molecule has 136 valence electrons. The lowest BCUT2D eigenvalue weighted by Crippen LogP contribution is -2.59. The first-order valence-corrected chi connectivity index (χ1v) is 10.5. The fraction of sp³-hybridized carbons (Fsp3) is 0.955. The van der Waals surface area contributed by atoms with Crippen molar-refractivity contribution in [3.05, 3.63) is 0 Å². The highest BCUT2D eigenvalue weighted by atomic mass is 16.5. The van der Waals surface area contributed by atoms with E-state index < -0.39 is 0 Å². The number of carbonyl (C=O) groups excluding carboxylic acids is 1. The second-order valence-corrected chi connectivity index (χ2v) is 10.4. The Morgan fingerprint density at radius 2 is 1.67 bits per heavy atom. The smallest absolute Gasteiger partial charge is 0.302 e. The van der Waals surface area contributed by atoms with Gasteiger partial charge in [-0.3, -0.25) is 4.79 Å². The second-order valence-electron chi connectivity index (χ2n) is 10.4. The van der Waals surface area contributed by atoms with E-state index in [-0.39, 0.29) is 12.1 Å². The molecule has 0 saturated heterocycles. The first-order valence-electron chi connectivity index (χ1n) is 10.5. The summed E-state index contributed by atoms with van der Waals surface area (Å²) in [5.41, 5.74) is 1.60. The summed E-state index contributed by atoms with van der Waals surface area (Å²) in [7, 11) is 0. The van der Waals surface area contributed by atoms with Gasteiger partial charge in [-0.05, 0) is 91.8 Å². The molecule has 4 fully saturated rings. The van der Waals surface area contributed by atoms with Crippen molar-refractivity contribution in [3.63, 3.8) is 0 Å². The molecule has 4 rings (SSSR count). The lowest BCUT2D eigenvalue weighted by molar-refractivity contribution is -0.187. The molecule has 0 spiro atoms. The Labute approximate surface area is 148 Å². The van der Waals surface area contributed by atoms with Gasteiger partial charge < -0.3 is 4.74 Å². The van der Waals surface area contributed by atoms with Crippen LogP contribution in [0.15, 0.2) is 0 Å². The SMILES string of the molecule is CC(=O)OC1CCC2(C)C(CCC3C4CCCC4(C)CCC32C)C1. The van der Waals surface area contributed by atoms with Crippen LogP contribution in [0.5, 0.6) is 0 Å². The number of fused-ring (bicyclic) bond motifs is 5. The molecule has 0 aliphatic heterocycles. The molecule has 4 aliphatic carbocycles. The molecular weight excluding hydrogens is 296 g/mol. The van der Waals surface area contributed by atoms with Crippen LogP contribution in [0, 0.1) is 34.0 Å². The zero-order valence-corrected chi connectivity index (χ0v) is 16.2. The third-order valence-electron chi connectivity index (χ3n) is 9.58. The molecule has 0 aromatic carbocycles. The van der Waals surface area contributed by atoms with E-state index in [1.807, 2.05) is 0 Å². The number of hydrogen-bond donors (Lipinski definition) is 0. The minimum absolute atomic E-state index is 0.0945. The highest BCUT2D eigenvalue weighted by molar-refractivity contribution is 5.66. The summed E-state index contributed by atoms with van der Waals surface area (Å²) in [5, 5.41) is 0. The van der Waals surface area contributed by atoms with Crippen molar-refractivity contribution in [3.8, 4) is 0 Å². The van der Waals surface area contributed by atoms with Gasteiger partial charge >= 0.3 is 5.97 Å². The molecule has 2 heteroatoms. The summed E-state index contributed by atoms with van der Waals surface area (Å²) < 4.78 is 5.60. The predicted molar refractivity (Wildman–Crippen MR) is 96.5 cm³/mol. The van der Waals surface area contributed by atoms with Gasteiger partial charge in [0.15, 0.2) is 0 Å². The molecule has 0 amide bonds. The molecule has 7 atom stereocenters. The third kappa shape index (κ3) is 2.23. The quantitative estimate of drug-likeness (QED) is 0.572. The second kappa shape index (κ2) is 5.48. The number of rotatable bonds is 1. The molecule has 2 nitrogen and oxygen atoms in total. The molecule has 0 heterocycles. The third-order valence-corrected chi connectivity index (χ3v) is 9.58. The molecule has 0 aromatic heterocycles. The van der Waals surface area contributed by atoms with Gasteiger partial charge in [-0.25, -0.2) is 0 Å². The van der Waals surface area contributed by atoms with Gasteiger partial charge in [0.25, 0.3) is 0 Å². The van der Waals surface area contributed by atoms with Crippen LogP contribution in [0.1, 0.15) is 91.9 Å². The number of hydrogen-bond acceptors (Lipinski definition) is 2. The van der Waals surface area contributed by atoms with E-state index in [0.29, 0.717) is 16.2 Å². The number of esters is 1. The summed E-state index contributed by atoms with van der Waals surface area (Å²) in [6.07, 6.45) is 13.7. The zero-order chi connectivity index (χ0) is 17.2. The Morgan fingerprint density at radius 3 is 2.42 bits per heavy atom. The predicted octanol–water partition coefficient (Wildman–Crippen LogP) is 5.74. The first kappa shape index (κ1) is 16.9. The van der Waals surface area contributed by atoms with Gasteiger partial charge in [0.1, 0.15) is 6.10 Å². The highest BCUT2D eigenvalue weighted by Crippen LogP contribution is 2.71. The molecule has 7 unspecified atom stereocenters. The summed E-state index contributed by atoms with van der Waals surface area (Å²) in [4.78, 5) is 11.4. The van der Waals surface area contributed by atoms with Gasteiger partial charge in [-0.1, -0.05) is 27.2 Å². The minimum Gasteiger partial charge on any atom is -0.463 e. The Kier molecular flexibility index (Phi) is 3.86. The number of ether oxygens (including phenoxy) is 1. The van der Waals surface area contributed by atoms with E-state index in [1.165, 1.54) is 51.4 Å². The molecule has 0 N–H and O–H groups in total. The van der Waals surface area contributed by atoms with Crippen molar-refractivity contribution < 1.29 is 9.53 Å². The molecule has 0 radical (unpaired) electrons. The standard InChI is InChI=1S/C22H36O2/c1-15(23)24-17-9-11-21(3)16(14-17)7-8-19-18-6-5-10-20(18,2)12-13-22(19,21)4/h16-19H,5-14H2,1-4H3. The van der Waals surface area contributed by atoms with E-state index in [0.717, 1.165) is 30.6 Å². The lowest BCUT2D eigenvalue weighted by Gasteiger charge is -2.66. The number of carbonyl (C=O) groups is 1. The zero-order valence-electron chi connectivity index (χ0n) is 16.2. The van der Waals surface area contributed by atoms with Crippen LogP contribution in [-0.2, 0) is 9.53 Å². The van der Waals surface area contributed by atoms with Gasteiger partial charge in [-0.15, -0.1) is 0 Å². The van der Waals surface area contributed by atoms with Crippen LogP contribution in [0.3, 0.4) is 0 Å². The Balaban J connectivity index is 1.59. The molecule has 0 bridgehead atoms. The Bertz CT molecular complexity index is 528. The van der Waals surface area contributed by atoms with Gasteiger partial charge in [0.2, 0.25) is 0 Å². The molecular formula is C22H36O2. The summed E-state index contributed by atoms with van der Waals surface area (Å²) >= 11 is 0. The lowest BCUT2D eigenvalue weighted by atomic mass is 9.39. The Morgan fingerprint density at radius 1 is 0.875 bits per heavy atom. The topological polar surface area (TPSA) is 26.3 Å². The van der Waals surface area contributed by atoms with Gasteiger partial charge in [0, 0.05) is 6.92 Å². The maximum atomic E-state index is 11.4. The van der Waals surface area contributed by atoms with Gasteiger partial charge in [-0.2, -0.15) is 0 Å². The van der Waals surface area contributed by atoms with Crippen LogP contribution in [-0.4, -0.2) is 12.1 Å². The summed E-state index contributed by atoms with van der Waals surface area (Å²) in [6, 6.07) is 0. The fourth-order valence-corrected chi connectivity index (χ4v) is 7.93. The van der Waals surface area contributed by atoms with Crippen molar-refractivity contribution in [2.45, 2.75) is 98.0 Å². The first-order chi connectivity index (χ1) is 11.3. The van der Waals surface area contributed by atoms with Crippen molar-refractivity contribution in [1.29, 1.82) is 0 Å². The molecule has 0 aromatic rings. The maximum absolute atomic E-state index is 11.4.